The number of benzene rings is 2. The second kappa shape index (κ2) is 9.39. The highest BCUT2D eigenvalue weighted by Gasteiger charge is 2.19. The quantitative estimate of drug-likeness (QED) is 0.668. The molecule has 28 heavy (non-hydrogen) atoms. The Morgan fingerprint density at radius 3 is 2.11 bits per heavy atom. The summed E-state index contributed by atoms with van der Waals surface area (Å²) in [5.41, 5.74) is 3.73. The number of thiocarbonyl (C=S) groups is 1. The summed E-state index contributed by atoms with van der Waals surface area (Å²) in [6.07, 6.45) is 1.23. The van der Waals surface area contributed by atoms with Crippen molar-refractivity contribution in [3.63, 3.8) is 0 Å². The molecule has 1 heterocycles. The summed E-state index contributed by atoms with van der Waals surface area (Å²) < 4.78 is 24.0. The van der Waals surface area contributed by atoms with E-state index in [1.165, 1.54) is 17.4 Å². The first-order valence-corrected chi connectivity index (χ1v) is 12.6. The SMILES string of the molecule is Cc1ccc(CN2CCN(C(=S)SCc3ccc(S(C)(=O)=O)cc3)CC2)cc1. The van der Waals surface area contributed by atoms with Crippen molar-refractivity contribution < 1.29 is 8.42 Å². The van der Waals surface area contributed by atoms with Gasteiger partial charge in [0.1, 0.15) is 4.32 Å². The molecule has 0 unspecified atom stereocenters. The fourth-order valence-corrected chi connectivity index (χ4v) is 4.95. The number of aryl methyl sites for hydroxylation is 1. The zero-order chi connectivity index (χ0) is 20.1. The maximum absolute atomic E-state index is 11.5. The molecule has 0 N–H and O–H groups in total. The third-order valence-electron chi connectivity index (χ3n) is 4.87. The van der Waals surface area contributed by atoms with E-state index in [1.807, 2.05) is 12.1 Å². The lowest BCUT2D eigenvalue weighted by Gasteiger charge is -2.36. The fraction of sp³-hybridized carbons (Fsp3) is 0.381. The summed E-state index contributed by atoms with van der Waals surface area (Å²) in [5, 5.41) is 0. The molecule has 0 spiro atoms. The first-order chi connectivity index (χ1) is 13.3. The Hall–Kier alpha value is -1.41. The van der Waals surface area contributed by atoms with E-state index in [2.05, 4.69) is 41.0 Å². The van der Waals surface area contributed by atoms with Crippen LogP contribution < -0.4 is 0 Å². The van der Waals surface area contributed by atoms with Gasteiger partial charge in [-0.3, -0.25) is 4.90 Å². The molecule has 0 saturated carbocycles. The Kier molecular flexibility index (Phi) is 7.15. The molecule has 2 aromatic carbocycles. The highest BCUT2D eigenvalue weighted by atomic mass is 32.2. The third-order valence-corrected chi connectivity index (χ3v) is 7.59. The molecule has 1 saturated heterocycles. The van der Waals surface area contributed by atoms with Gasteiger partial charge in [-0.2, -0.15) is 0 Å². The van der Waals surface area contributed by atoms with E-state index in [0.717, 1.165) is 48.4 Å². The van der Waals surface area contributed by atoms with Gasteiger partial charge in [-0.15, -0.1) is 0 Å². The lowest BCUT2D eigenvalue weighted by molar-refractivity contribution is 0.179. The average molecular weight is 435 g/mol. The van der Waals surface area contributed by atoms with Crippen LogP contribution in [0, 0.1) is 6.92 Å². The first kappa shape index (κ1) is 21.3. The van der Waals surface area contributed by atoms with Crippen molar-refractivity contribution >= 4 is 38.1 Å². The lowest BCUT2D eigenvalue weighted by Crippen LogP contribution is -2.47. The molecule has 0 bridgehead atoms. The smallest absolute Gasteiger partial charge is 0.175 e. The number of hydrogen-bond acceptors (Lipinski definition) is 5. The predicted molar refractivity (Wildman–Crippen MR) is 121 cm³/mol. The standard InChI is InChI=1S/C21H26N2O2S3/c1-17-3-5-18(6-4-17)15-22-11-13-23(14-12-22)21(26)27-16-19-7-9-20(10-8-19)28(2,24)25/h3-10H,11-16H2,1-2H3. The minimum absolute atomic E-state index is 0.355. The number of sulfone groups is 1. The van der Waals surface area contributed by atoms with Gasteiger partial charge in [-0.25, -0.2) is 8.42 Å². The summed E-state index contributed by atoms with van der Waals surface area (Å²) in [4.78, 5) is 5.10. The number of piperazine rings is 1. The second-order valence-electron chi connectivity index (χ2n) is 7.22. The van der Waals surface area contributed by atoms with E-state index < -0.39 is 9.84 Å². The Morgan fingerprint density at radius 1 is 0.964 bits per heavy atom. The highest BCUT2D eigenvalue weighted by Crippen LogP contribution is 2.20. The van der Waals surface area contributed by atoms with Gasteiger partial charge in [0.15, 0.2) is 9.84 Å². The maximum Gasteiger partial charge on any atom is 0.175 e. The van der Waals surface area contributed by atoms with Crippen molar-refractivity contribution in [2.45, 2.75) is 24.1 Å². The molecular formula is C21H26N2O2S3. The van der Waals surface area contributed by atoms with E-state index in [-0.39, 0.29) is 0 Å². The van der Waals surface area contributed by atoms with Crippen LogP contribution >= 0.6 is 24.0 Å². The van der Waals surface area contributed by atoms with Gasteiger partial charge in [0.2, 0.25) is 0 Å². The van der Waals surface area contributed by atoms with Gasteiger partial charge in [-0.1, -0.05) is 65.9 Å². The third kappa shape index (κ3) is 6.04. The molecule has 0 atom stereocenters. The van der Waals surface area contributed by atoms with Gasteiger partial charge in [0.05, 0.1) is 4.90 Å². The van der Waals surface area contributed by atoms with Crippen LogP contribution in [-0.2, 0) is 22.1 Å². The molecule has 0 radical (unpaired) electrons. The zero-order valence-corrected chi connectivity index (χ0v) is 18.7. The number of rotatable bonds is 5. The number of hydrogen-bond donors (Lipinski definition) is 0. The summed E-state index contributed by atoms with van der Waals surface area (Å²) in [7, 11) is -3.14. The number of thioether (sulfide) groups is 1. The van der Waals surface area contributed by atoms with Gasteiger partial charge >= 0.3 is 0 Å². The molecule has 0 amide bonds. The van der Waals surface area contributed by atoms with Crippen molar-refractivity contribution in [3.05, 3.63) is 65.2 Å². The van der Waals surface area contributed by atoms with Crippen LogP contribution in [0.4, 0.5) is 0 Å². The van der Waals surface area contributed by atoms with Crippen molar-refractivity contribution in [3.8, 4) is 0 Å². The summed E-state index contributed by atoms with van der Waals surface area (Å²) in [6.45, 7) is 7.02. The van der Waals surface area contributed by atoms with Gasteiger partial charge < -0.3 is 4.90 Å². The minimum atomic E-state index is -3.14. The molecule has 1 aliphatic heterocycles. The molecule has 3 rings (SSSR count). The van der Waals surface area contributed by atoms with Crippen LogP contribution in [0.2, 0.25) is 0 Å². The maximum atomic E-state index is 11.5. The largest absolute Gasteiger partial charge is 0.355 e. The minimum Gasteiger partial charge on any atom is -0.355 e. The topological polar surface area (TPSA) is 40.6 Å². The van der Waals surface area contributed by atoms with E-state index >= 15 is 0 Å². The van der Waals surface area contributed by atoms with Crippen LogP contribution in [0.1, 0.15) is 16.7 Å². The van der Waals surface area contributed by atoms with E-state index in [4.69, 9.17) is 12.2 Å². The highest BCUT2D eigenvalue weighted by molar-refractivity contribution is 8.22. The molecule has 1 fully saturated rings. The van der Waals surface area contributed by atoms with Gasteiger partial charge in [0.25, 0.3) is 0 Å². The molecule has 0 aliphatic carbocycles. The van der Waals surface area contributed by atoms with Crippen molar-refractivity contribution in [1.82, 2.24) is 9.80 Å². The van der Waals surface area contributed by atoms with E-state index in [1.54, 1.807) is 23.9 Å². The van der Waals surface area contributed by atoms with E-state index in [9.17, 15) is 8.42 Å². The number of nitrogens with zero attached hydrogens (tertiary/aromatic N) is 2. The molecule has 4 nitrogen and oxygen atoms in total. The van der Waals surface area contributed by atoms with E-state index in [0.29, 0.717) is 4.90 Å². The van der Waals surface area contributed by atoms with Gasteiger partial charge in [-0.05, 0) is 30.2 Å². The van der Waals surface area contributed by atoms with Crippen LogP contribution in [0.25, 0.3) is 0 Å². The van der Waals surface area contributed by atoms with Crippen molar-refractivity contribution in [2.24, 2.45) is 0 Å². The summed E-state index contributed by atoms with van der Waals surface area (Å²) >= 11 is 7.26. The van der Waals surface area contributed by atoms with Crippen molar-refractivity contribution in [2.75, 3.05) is 32.4 Å². The average Bonchev–Trinajstić information content (AvgIpc) is 2.68. The van der Waals surface area contributed by atoms with Crippen molar-refractivity contribution in [1.29, 1.82) is 0 Å². The Morgan fingerprint density at radius 2 is 1.54 bits per heavy atom. The Labute approximate surface area is 177 Å². The van der Waals surface area contributed by atoms with Gasteiger partial charge in [0, 0.05) is 44.7 Å². The fourth-order valence-electron chi connectivity index (χ4n) is 3.11. The summed E-state index contributed by atoms with van der Waals surface area (Å²) in [5.74, 6) is 0.756. The molecule has 7 heteroatoms. The molecule has 150 valence electrons. The van der Waals surface area contributed by atoms with Crippen LogP contribution in [0.15, 0.2) is 53.4 Å². The monoisotopic (exact) mass is 434 g/mol. The normalized spacial score (nSPS) is 15.6. The summed E-state index contributed by atoms with van der Waals surface area (Å²) in [6, 6.07) is 15.8. The van der Waals surface area contributed by atoms with Crippen LogP contribution in [0.3, 0.4) is 0 Å². The first-order valence-electron chi connectivity index (χ1n) is 9.30. The predicted octanol–water partition coefficient (Wildman–Crippen LogP) is 3.73. The second-order valence-corrected chi connectivity index (χ2v) is 10.8. The molecule has 1 aliphatic rings. The molecular weight excluding hydrogens is 408 g/mol. The molecule has 0 aromatic heterocycles. The van der Waals surface area contributed by atoms with Crippen LogP contribution in [-0.4, -0.2) is 55.0 Å². The Balaban J connectivity index is 1.44. The molecule has 2 aromatic rings. The zero-order valence-electron chi connectivity index (χ0n) is 16.3. The van der Waals surface area contributed by atoms with Crippen LogP contribution in [0.5, 0.6) is 0 Å². The Bertz CT molecular complexity index is 902. The lowest BCUT2D eigenvalue weighted by atomic mass is 10.1.